The summed E-state index contributed by atoms with van der Waals surface area (Å²) in [6.45, 7) is 0.156. The summed E-state index contributed by atoms with van der Waals surface area (Å²) in [5.41, 5.74) is -0.376. The Morgan fingerprint density at radius 3 is 2.67 bits per heavy atom. The highest BCUT2D eigenvalue weighted by molar-refractivity contribution is 6.31. The fourth-order valence-electron chi connectivity index (χ4n) is 1.73. The third kappa shape index (κ3) is 3.75. The van der Waals surface area contributed by atoms with Crippen LogP contribution in [0.15, 0.2) is 30.5 Å². The second-order valence-electron chi connectivity index (χ2n) is 4.36. The average molecular weight is 318 g/mol. The van der Waals surface area contributed by atoms with Crippen molar-refractivity contribution in [1.82, 2.24) is 15.1 Å². The van der Waals surface area contributed by atoms with Gasteiger partial charge in [-0.15, -0.1) is 0 Å². The molecule has 8 heteroatoms. The van der Waals surface area contributed by atoms with Crippen LogP contribution >= 0.6 is 11.6 Å². The summed E-state index contributed by atoms with van der Waals surface area (Å²) in [4.78, 5) is 11.9. The van der Waals surface area contributed by atoms with Gasteiger partial charge in [0.25, 0.3) is 5.91 Å². The highest BCUT2D eigenvalue weighted by atomic mass is 35.5. The lowest BCUT2D eigenvalue weighted by Crippen LogP contribution is -2.24. The van der Waals surface area contributed by atoms with Gasteiger partial charge in [0.15, 0.2) is 0 Å². The number of halogens is 4. The third-order valence-electron chi connectivity index (χ3n) is 2.84. The molecule has 1 aromatic heterocycles. The van der Waals surface area contributed by atoms with Crippen LogP contribution in [0.1, 0.15) is 21.6 Å². The molecule has 0 bridgehead atoms. The van der Waals surface area contributed by atoms with E-state index in [1.165, 1.54) is 6.07 Å². The first-order chi connectivity index (χ1) is 9.77. The number of hydrogen-bond donors (Lipinski definition) is 1. The quantitative estimate of drug-likeness (QED) is 0.946. The van der Waals surface area contributed by atoms with Gasteiger partial charge in [-0.1, -0.05) is 11.6 Å². The minimum Gasteiger partial charge on any atom is -0.346 e. The molecule has 2 rings (SSSR count). The first-order valence-electron chi connectivity index (χ1n) is 5.90. The largest absolute Gasteiger partial charge is 0.416 e. The molecule has 0 unspecified atom stereocenters. The van der Waals surface area contributed by atoms with Crippen LogP contribution < -0.4 is 5.32 Å². The monoisotopic (exact) mass is 317 g/mol. The van der Waals surface area contributed by atoms with Crippen molar-refractivity contribution in [2.24, 2.45) is 7.05 Å². The van der Waals surface area contributed by atoms with Crippen LogP contribution in [-0.4, -0.2) is 15.7 Å². The fraction of sp³-hybridized carbons (Fsp3) is 0.231. The van der Waals surface area contributed by atoms with Crippen LogP contribution in [-0.2, 0) is 19.8 Å². The van der Waals surface area contributed by atoms with Crippen molar-refractivity contribution in [1.29, 1.82) is 0 Å². The summed E-state index contributed by atoms with van der Waals surface area (Å²) in [5.74, 6) is -0.635. The summed E-state index contributed by atoms with van der Waals surface area (Å²) >= 11 is 5.63. The second-order valence-corrected chi connectivity index (χ2v) is 4.79. The smallest absolute Gasteiger partial charge is 0.346 e. The number of hydrogen-bond acceptors (Lipinski definition) is 2. The molecule has 1 N–H and O–H groups in total. The first-order valence-corrected chi connectivity index (χ1v) is 6.28. The van der Waals surface area contributed by atoms with E-state index in [9.17, 15) is 18.0 Å². The summed E-state index contributed by atoms with van der Waals surface area (Å²) in [6.07, 6.45) is -3.00. The molecule has 0 spiro atoms. The first kappa shape index (κ1) is 15.4. The van der Waals surface area contributed by atoms with Crippen LogP contribution in [0, 0.1) is 0 Å². The molecule has 0 aliphatic rings. The third-order valence-corrected chi connectivity index (χ3v) is 3.06. The van der Waals surface area contributed by atoms with E-state index in [1.54, 1.807) is 24.0 Å². The van der Waals surface area contributed by atoms with Crippen molar-refractivity contribution in [3.63, 3.8) is 0 Å². The van der Waals surface area contributed by atoms with Gasteiger partial charge in [-0.2, -0.15) is 18.3 Å². The lowest BCUT2D eigenvalue weighted by molar-refractivity contribution is -0.137. The van der Waals surface area contributed by atoms with E-state index in [0.29, 0.717) is 0 Å². The van der Waals surface area contributed by atoms with Crippen molar-refractivity contribution in [3.05, 3.63) is 52.3 Å². The SMILES string of the molecule is Cn1nccc1CNC(=O)c1cc(Cl)cc(C(F)(F)F)c1. The molecule has 1 heterocycles. The molecule has 0 saturated heterocycles. The van der Waals surface area contributed by atoms with Gasteiger partial charge in [-0.25, -0.2) is 0 Å². The number of aromatic nitrogens is 2. The lowest BCUT2D eigenvalue weighted by Gasteiger charge is -2.10. The van der Waals surface area contributed by atoms with Crippen molar-refractivity contribution < 1.29 is 18.0 Å². The van der Waals surface area contributed by atoms with Gasteiger partial charge >= 0.3 is 6.18 Å². The Bertz CT molecular complexity index is 667. The maximum Gasteiger partial charge on any atom is 0.416 e. The molecule has 2 aromatic rings. The number of nitrogens with zero attached hydrogens (tertiary/aromatic N) is 2. The molecule has 0 fully saturated rings. The van der Waals surface area contributed by atoms with Gasteiger partial charge < -0.3 is 5.32 Å². The van der Waals surface area contributed by atoms with Crippen molar-refractivity contribution >= 4 is 17.5 Å². The maximum absolute atomic E-state index is 12.7. The molecule has 0 saturated carbocycles. The van der Waals surface area contributed by atoms with E-state index in [4.69, 9.17) is 11.6 Å². The standard InChI is InChI=1S/C13H11ClF3N3O/c1-20-11(2-3-19-20)7-18-12(21)8-4-9(13(15,16)17)6-10(14)5-8/h2-6H,7H2,1H3,(H,18,21). The lowest BCUT2D eigenvalue weighted by atomic mass is 10.1. The minimum absolute atomic E-state index is 0.142. The Kier molecular flexibility index (Phi) is 4.22. The number of benzene rings is 1. The van der Waals surface area contributed by atoms with Crippen molar-refractivity contribution in [2.45, 2.75) is 12.7 Å². The number of alkyl halides is 3. The number of rotatable bonds is 3. The number of amides is 1. The zero-order valence-corrected chi connectivity index (χ0v) is 11.7. The van der Waals surface area contributed by atoms with Gasteiger partial charge in [0.2, 0.25) is 0 Å². The highest BCUT2D eigenvalue weighted by Crippen LogP contribution is 2.31. The van der Waals surface area contributed by atoms with Gasteiger partial charge in [-0.3, -0.25) is 9.48 Å². The van der Waals surface area contributed by atoms with E-state index in [-0.39, 0.29) is 17.1 Å². The summed E-state index contributed by atoms with van der Waals surface area (Å²) in [5, 5.41) is 6.30. The minimum atomic E-state index is -4.55. The number of nitrogens with one attached hydrogen (secondary N) is 1. The molecule has 0 atom stereocenters. The second kappa shape index (κ2) is 5.77. The number of aryl methyl sites for hydroxylation is 1. The topological polar surface area (TPSA) is 46.9 Å². The fourth-order valence-corrected chi connectivity index (χ4v) is 1.97. The maximum atomic E-state index is 12.7. The molecule has 4 nitrogen and oxygen atoms in total. The number of carbonyl (C=O) groups is 1. The van der Waals surface area contributed by atoms with E-state index < -0.39 is 17.6 Å². The van der Waals surface area contributed by atoms with Gasteiger partial charge in [0, 0.05) is 23.8 Å². The summed E-state index contributed by atoms with van der Waals surface area (Å²) < 4.78 is 39.6. The van der Waals surface area contributed by atoms with E-state index in [0.717, 1.165) is 17.8 Å². The van der Waals surface area contributed by atoms with Crippen molar-refractivity contribution in [3.8, 4) is 0 Å². The summed E-state index contributed by atoms with van der Waals surface area (Å²) in [6, 6.07) is 4.43. The predicted octanol–water partition coefficient (Wildman–Crippen LogP) is 3.02. The van der Waals surface area contributed by atoms with Gasteiger partial charge in [0.1, 0.15) is 0 Å². The molecular weight excluding hydrogens is 307 g/mol. The molecule has 0 radical (unpaired) electrons. The molecule has 21 heavy (non-hydrogen) atoms. The van der Waals surface area contributed by atoms with Crippen LogP contribution in [0.25, 0.3) is 0 Å². The van der Waals surface area contributed by atoms with Crippen LogP contribution in [0.5, 0.6) is 0 Å². The molecule has 1 amide bonds. The van der Waals surface area contributed by atoms with Crippen LogP contribution in [0.3, 0.4) is 0 Å². The number of carbonyl (C=O) groups excluding carboxylic acids is 1. The zero-order valence-electron chi connectivity index (χ0n) is 10.9. The van der Waals surface area contributed by atoms with Crippen LogP contribution in [0.2, 0.25) is 5.02 Å². The van der Waals surface area contributed by atoms with E-state index >= 15 is 0 Å². The Morgan fingerprint density at radius 1 is 1.38 bits per heavy atom. The van der Waals surface area contributed by atoms with E-state index in [2.05, 4.69) is 10.4 Å². The predicted molar refractivity (Wildman–Crippen MR) is 70.8 cm³/mol. The summed E-state index contributed by atoms with van der Waals surface area (Å²) in [7, 11) is 1.70. The Balaban J connectivity index is 2.16. The van der Waals surface area contributed by atoms with Gasteiger partial charge in [-0.05, 0) is 24.3 Å². The van der Waals surface area contributed by atoms with Crippen LogP contribution in [0.4, 0.5) is 13.2 Å². The Labute approximate surface area is 123 Å². The zero-order chi connectivity index (χ0) is 15.6. The Morgan fingerprint density at radius 2 is 2.10 bits per heavy atom. The molecule has 112 valence electrons. The average Bonchev–Trinajstić information content (AvgIpc) is 2.79. The van der Waals surface area contributed by atoms with Gasteiger partial charge in [0.05, 0.1) is 17.8 Å². The van der Waals surface area contributed by atoms with E-state index in [1.807, 2.05) is 0 Å². The molecule has 0 aliphatic carbocycles. The van der Waals surface area contributed by atoms with Crippen molar-refractivity contribution in [2.75, 3.05) is 0 Å². The Hall–Kier alpha value is -2.02. The molecule has 0 aliphatic heterocycles. The highest BCUT2D eigenvalue weighted by Gasteiger charge is 2.31. The normalized spacial score (nSPS) is 11.5. The molecular formula is C13H11ClF3N3O. The molecule has 1 aromatic carbocycles.